The number of aromatic nitrogens is 12. The Labute approximate surface area is 721 Å². The van der Waals surface area contributed by atoms with E-state index in [4.69, 9.17) is 26.0 Å². The summed E-state index contributed by atoms with van der Waals surface area (Å²) < 4.78 is 28.0. The van der Waals surface area contributed by atoms with E-state index in [1.807, 2.05) is 190 Å². The van der Waals surface area contributed by atoms with Crippen LogP contribution in [0.1, 0.15) is 126 Å². The first kappa shape index (κ1) is 88.7. The molecule has 0 saturated carbocycles. The van der Waals surface area contributed by atoms with Gasteiger partial charge in [-0.2, -0.15) is 15.3 Å². The number of carbonyl (C=O) groups excluding carboxylic acids is 5. The quantitative estimate of drug-likeness (QED) is 0.0186. The number of aromatic hydroxyl groups is 4. The summed E-state index contributed by atoms with van der Waals surface area (Å²) in [6.45, 7) is 16.2. The number of carboxylic acids is 1. The topological polar surface area (TPSA) is 469 Å². The lowest BCUT2D eigenvalue weighted by molar-refractivity contribution is -0.141. The Balaban J connectivity index is 0.000000153. The molecule has 0 aliphatic carbocycles. The van der Waals surface area contributed by atoms with Crippen LogP contribution >= 0.6 is 0 Å². The van der Waals surface area contributed by atoms with Gasteiger partial charge in [0.25, 0.3) is 5.91 Å². The van der Waals surface area contributed by atoms with Gasteiger partial charge in [0, 0.05) is 148 Å². The minimum Gasteiger partial charge on any atom is -0.508 e. The summed E-state index contributed by atoms with van der Waals surface area (Å²) in [5, 5.41) is 75.7. The summed E-state index contributed by atoms with van der Waals surface area (Å²) in [7, 11) is 0. The van der Waals surface area contributed by atoms with Gasteiger partial charge in [0.2, 0.25) is 17.7 Å². The lowest BCUT2D eigenvalue weighted by Crippen LogP contribution is -2.32. The minimum absolute atomic E-state index is 0.00292. The average Bonchev–Trinajstić information content (AvgIpc) is 1.59. The molecule has 0 atom stereocenters. The van der Waals surface area contributed by atoms with Crippen LogP contribution in [0.4, 0.5) is 4.79 Å². The summed E-state index contributed by atoms with van der Waals surface area (Å²) in [5.41, 5.74) is 20.8. The second-order valence-corrected chi connectivity index (χ2v) is 31.1. The number of phenolic OH excluding ortho intramolecular Hbond substituents is 4. The average molecular weight is 1710 g/mol. The molecule has 16 rings (SSSR count). The maximum absolute atomic E-state index is 13.3. The highest BCUT2D eigenvalue weighted by atomic mass is 16.6. The van der Waals surface area contributed by atoms with E-state index in [2.05, 4.69) is 63.6 Å². The van der Waals surface area contributed by atoms with Gasteiger partial charge in [0.1, 0.15) is 47.7 Å². The van der Waals surface area contributed by atoms with Crippen molar-refractivity contribution in [2.24, 2.45) is 11.5 Å². The highest BCUT2D eigenvalue weighted by molar-refractivity contribution is 6.02. The third-order valence-electron chi connectivity index (χ3n) is 21.5. The van der Waals surface area contributed by atoms with Gasteiger partial charge >= 0.3 is 29.1 Å². The molecule has 0 bridgehead atoms. The summed E-state index contributed by atoms with van der Waals surface area (Å²) in [6, 6.07) is 52.8. The smallest absolute Gasteiger partial charge is 0.417 e. The number of aliphatic carboxylic acids is 1. The number of phenols is 4. The fourth-order valence-electron chi connectivity index (χ4n) is 15.0. The number of ether oxygens (including phenoxy) is 3. The molecule has 8 aromatic carbocycles. The molecule has 2 aliphatic heterocycles. The number of H-pyrrole nitrogens is 3. The standard InChI is InChI=1S/C35H35N5O3.C28H30N6O7.C21H23N5O3.C8H11NO4/c1-24(2)29-20-30(34-37-38-35(41)40(34)28-13-14-31-27(19-28)15-17-39(31)18-16-36)33(43-23-26-11-7-4-8-12-26)21-32(29)42-22-25-9-5-3-6-10-25;1-16(2)19-13-20(23(36)14-22(19)35)26-30-31-27(39)34(26)18-5-6-21-17(12-18)7-10-32(21)11-8-29-24(37)4-3-9-33-25(38)15-41-28(33)40;1-12(2)15-10-16(19(28)11-18(15)27)20-23-24-21(29)26(20)14-3-4-17-13(9-14)5-7-25(17)8-6-22;10-6-3-4-7(11)9(6)5-1-2-8(12)13/h3-15,17,19-21,24H,16,18,22-23,36H2,1-2H3,(H,38,41);5-7,10,12-14,16,35-36H,3-4,8-9,11,15H2,1-2H3,(H,29,37)(H,31,39);3-5,7,9-12,27-28H,6,8,22H2,1-2H3,(H,24,29);1-5H2,(H,12,13). The predicted molar refractivity (Wildman–Crippen MR) is 472 cm³/mol. The van der Waals surface area contributed by atoms with E-state index in [9.17, 15) is 63.6 Å². The number of hydrogen-bond acceptors (Lipinski definition) is 21. The van der Waals surface area contributed by atoms with Crippen molar-refractivity contribution in [3.63, 3.8) is 0 Å². The number of hydrogen-bond donors (Lipinski definition) is 11. The van der Waals surface area contributed by atoms with Gasteiger partial charge in [-0.05, 0) is 149 Å². The number of carbonyl (C=O) groups is 6. The first-order valence-corrected chi connectivity index (χ1v) is 41.3. The zero-order valence-corrected chi connectivity index (χ0v) is 70.4. The molecule has 0 unspecified atom stereocenters. The molecule has 5 amide bonds. The molecule has 14 aromatic rings. The molecule has 34 heteroatoms. The van der Waals surface area contributed by atoms with Gasteiger partial charge in [-0.15, -0.1) is 0 Å². The van der Waals surface area contributed by atoms with E-state index in [0.29, 0.717) is 115 Å². The van der Waals surface area contributed by atoms with Crippen molar-refractivity contribution in [1.82, 2.24) is 73.1 Å². The Kier molecular flexibility index (Phi) is 28.1. The van der Waals surface area contributed by atoms with Crippen LogP contribution in [-0.4, -0.2) is 168 Å². The fourth-order valence-corrected chi connectivity index (χ4v) is 15.0. The number of aromatic amines is 3. The van der Waals surface area contributed by atoms with Crippen molar-refractivity contribution in [2.75, 3.05) is 39.3 Å². The van der Waals surface area contributed by atoms with Crippen molar-refractivity contribution < 1.29 is 68.5 Å². The zero-order valence-electron chi connectivity index (χ0n) is 70.4. The summed E-state index contributed by atoms with van der Waals surface area (Å²) in [5.74, 6) is 0.184. The normalized spacial score (nSPS) is 12.6. The third kappa shape index (κ3) is 20.3. The van der Waals surface area contributed by atoms with Gasteiger partial charge in [-0.1, -0.05) is 102 Å². The molecule has 2 saturated heterocycles. The van der Waals surface area contributed by atoms with Gasteiger partial charge in [-0.25, -0.2) is 53.1 Å². The van der Waals surface area contributed by atoms with Crippen molar-refractivity contribution in [2.45, 2.75) is 131 Å². The predicted octanol–water partition coefficient (Wildman–Crippen LogP) is 11.7. The minimum atomic E-state index is -0.904. The molecule has 654 valence electrons. The molecule has 0 radical (unpaired) electrons. The maximum Gasteiger partial charge on any atom is 0.417 e. The second kappa shape index (κ2) is 39.9. The molecule has 126 heavy (non-hydrogen) atoms. The van der Waals surface area contributed by atoms with Crippen LogP contribution in [0.15, 0.2) is 203 Å². The van der Waals surface area contributed by atoms with Crippen LogP contribution in [0.5, 0.6) is 34.5 Å². The lowest BCUT2D eigenvalue weighted by Gasteiger charge is -2.20. The summed E-state index contributed by atoms with van der Waals surface area (Å²) >= 11 is 0. The number of nitrogens with zero attached hydrogens (tertiary/aromatic N) is 11. The number of amides is 5. The van der Waals surface area contributed by atoms with Crippen LogP contribution in [-0.2, 0) is 61.6 Å². The monoisotopic (exact) mass is 1710 g/mol. The summed E-state index contributed by atoms with van der Waals surface area (Å²) in [6.07, 6.45) is 6.57. The molecular weight excluding hydrogens is 1620 g/mol. The first-order valence-electron chi connectivity index (χ1n) is 41.3. The molecule has 8 heterocycles. The van der Waals surface area contributed by atoms with Crippen LogP contribution in [0.2, 0.25) is 0 Å². The molecule has 0 spiro atoms. The van der Waals surface area contributed by atoms with E-state index in [1.165, 1.54) is 21.3 Å². The van der Waals surface area contributed by atoms with Gasteiger partial charge in [0.05, 0.1) is 33.8 Å². The van der Waals surface area contributed by atoms with Gasteiger partial charge in [0.15, 0.2) is 24.1 Å². The van der Waals surface area contributed by atoms with Crippen LogP contribution in [0.3, 0.4) is 0 Å². The number of likely N-dealkylation sites (tertiary alicyclic amines) is 1. The van der Waals surface area contributed by atoms with E-state index < -0.39 is 29.3 Å². The molecule has 13 N–H and O–H groups in total. The maximum atomic E-state index is 13.3. The molecule has 2 fully saturated rings. The van der Waals surface area contributed by atoms with Crippen LogP contribution in [0, 0.1) is 0 Å². The largest absolute Gasteiger partial charge is 0.508 e. The van der Waals surface area contributed by atoms with Crippen molar-refractivity contribution >= 4 is 68.4 Å². The molecule has 6 aromatic heterocycles. The SMILES string of the molecule is CC(C)c1cc(-c2n[nH]c(=O)n2-c2ccc3c(ccn3CCN)c2)c(O)cc1O.CC(C)c1cc(-c2n[nH]c(=O)n2-c2ccc3c(ccn3CCN)c2)c(OCc2ccccc2)cc1OCc1ccccc1.CC(C)c1cc(-c2n[nH]c(=O)n2-c2ccc3c(ccn3CCNC(=O)CCCN3C(=O)COC3=O)c2)c(O)cc1O.O=C(O)CCCN1C(=O)CCC1=O. The Morgan fingerprint density at radius 1 is 0.452 bits per heavy atom. The molecule has 2 aliphatic rings. The van der Waals surface area contributed by atoms with Crippen molar-refractivity contribution in [3.05, 3.63) is 248 Å². The second-order valence-electron chi connectivity index (χ2n) is 31.1. The fraction of sp³-hybridized carbons (Fsp3) is 0.283. The third-order valence-corrected chi connectivity index (χ3v) is 21.5. The van der Waals surface area contributed by atoms with E-state index in [-0.39, 0.29) is 121 Å². The van der Waals surface area contributed by atoms with Gasteiger partial charge < -0.3 is 70.2 Å². The Bertz CT molecular complexity index is 6470. The number of fused-ring (bicyclic) bond motifs is 3. The number of cyclic esters (lactones) is 1. The Morgan fingerprint density at radius 3 is 1.27 bits per heavy atom. The van der Waals surface area contributed by atoms with E-state index in [0.717, 1.165) is 71.5 Å². The highest BCUT2D eigenvalue weighted by Gasteiger charge is 2.32. The van der Waals surface area contributed by atoms with Crippen LogP contribution in [0.25, 0.3) is 83.9 Å². The van der Waals surface area contributed by atoms with Crippen molar-refractivity contribution in [1.29, 1.82) is 0 Å². The van der Waals surface area contributed by atoms with Crippen LogP contribution < -0.4 is 43.3 Å². The Hall–Kier alpha value is -15.1. The molecular formula is C92H99N17O17. The number of nitrogens with one attached hydrogen (secondary N) is 4. The number of rotatable bonds is 30. The van der Waals surface area contributed by atoms with Gasteiger partial charge in [-0.3, -0.25) is 28.9 Å². The zero-order chi connectivity index (χ0) is 89.6. The molecule has 34 nitrogen and oxygen atoms in total. The number of imide groups is 2. The summed E-state index contributed by atoms with van der Waals surface area (Å²) in [4.78, 5) is 108. The lowest BCUT2D eigenvalue weighted by atomic mass is 9.98. The number of nitrogens with two attached hydrogens (primary N) is 2. The highest BCUT2D eigenvalue weighted by Crippen LogP contribution is 2.43. The first-order chi connectivity index (χ1) is 60.7. The van der Waals surface area contributed by atoms with E-state index in [1.54, 1.807) is 22.8 Å². The van der Waals surface area contributed by atoms with Crippen molar-refractivity contribution in [3.8, 4) is 85.7 Å². The number of carboxylic acid groups (broad SMARTS) is 1. The number of benzene rings is 8. The van der Waals surface area contributed by atoms with E-state index >= 15 is 0 Å². The Morgan fingerprint density at radius 2 is 0.857 bits per heavy atom.